The molecule has 1 fully saturated rings. The van der Waals surface area contributed by atoms with Crippen LogP contribution >= 0.6 is 0 Å². The van der Waals surface area contributed by atoms with Crippen molar-refractivity contribution in [2.24, 2.45) is 0 Å². The number of carbonyl (C=O) groups excluding carboxylic acids is 1. The number of hydrogen-bond donors (Lipinski definition) is 0. The summed E-state index contributed by atoms with van der Waals surface area (Å²) in [4.78, 5) is 14.2. The highest BCUT2D eigenvalue weighted by molar-refractivity contribution is 6.04. The van der Waals surface area contributed by atoms with Gasteiger partial charge in [-0.1, -0.05) is 12.8 Å². The lowest BCUT2D eigenvalue weighted by Gasteiger charge is -2.16. The highest BCUT2D eigenvalue weighted by Gasteiger charge is 2.22. The molecule has 0 atom stereocenters. The number of aromatic nitrogens is 2. The van der Waals surface area contributed by atoms with Gasteiger partial charge in [0.25, 0.3) is 5.91 Å². The molecule has 1 amide bonds. The summed E-state index contributed by atoms with van der Waals surface area (Å²) in [5, 5.41) is 4.48. The number of carbonyl (C=O) groups is 1. The summed E-state index contributed by atoms with van der Waals surface area (Å²) in [6.45, 7) is 0.224. The zero-order valence-corrected chi connectivity index (χ0v) is 13.1. The molecule has 2 aromatic rings. The van der Waals surface area contributed by atoms with Crippen molar-refractivity contribution in [3.63, 3.8) is 0 Å². The maximum absolute atomic E-state index is 12.7. The fourth-order valence-electron chi connectivity index (χ4n) is 3.21. The molecule has 6 nitrogen and oxygen atoms in total. The average molecular weight is 313 g/mol. The highest BCUT2D eigenvalue weighted by Crippen LogP contribution is 2.35. The van der Waals surface area contributed by atoms with Crippen LogP contribution in [0.3, 0.4) is 0 Å². The Morgan fingerprint density at radius 2 is 2.00 bits per heavy atom. The molecule has 1 saturated carbocycles. The van der Waals surface area contributed by atoms with E-state index in [4.69, 9.17) is 9.47 Å². The monoisotopic (exact) mass is 313 g/mol. The average Bonchev–Trinajstić information content (AvgIpc) is 3.32. The number of rotatable bonds is 3. The third-order valence-electron chi connectivity index (χ3n) is 4.57. The largest absolute Gasteiger partial charge is 0.454 e. The van der Waals surface area contributed by atoms with E-state index >= 15 is 0 Å². The topological polar surface area (TPSA) is 56.6 Å². The Labute approximate surface area is 134 Å². The molecule has 2 heterocycles. The van der Waals surface area contributed by atoms with Crippen LogP contribution in [0, 0.1) is 0 Å². The van der Waals surface area contributed by atoms with Crippen molar-refractivity contribution in [1.29, 1.82) is 0 Å². The van der Waals surface area contributed by atoms with Crippen molar-refractivity contribution in [2.45, 2.75) is 31.7 Å². The number of anilines is 1. The first-order valence-corrected chi connectivity index (χ1v) is 7.95. The van der Waals surface area contributed by atoms with E-state index in [0.29, 0.717) is 23.2 Å². The molecule has 1 aliphatic carbocycles. The van der Waals surface area contributed by atoms with Gasteiger partial charge in [0.1, 0.15) is 0 Å². The van der Waals surface area contributed by atoms with E-state index in [1.165, 1.54) is 12.8 Å². The van der Waals surface area contributed by atoms with Gasteiger partial charge < -0.3 is 14.4 Å². The van der Waals surface area contributed by atoms with Crippen molar-refractivity contribution in [1.82, 2.24) is 9.78 Å². The van der Waals surface area contributed by atoms with Crippen LogP contribution in [0.4, 0.5) is 5.69 Å². The van der Waals surface area contributed by atoms with Gasteiger partial charge in [0.2, 0.25) is 6.79 Å². The van der Waals surface area contributed by atoms with Gasteiger partial charge in [-0.05, 0) is 31.0 Å². The first-order valence-electron chi connectivity index (χ1n) is 7.95. The standard InChI is InChI=1S/C17H19N3O3/c1-19(13-6-7-15-16(10-13)23-11-22-15)17(21)14-8-9-20(18-14)12-4-2-3-5-12/h6-10,12H,2-5,11H2,1H3. The number of hydrogen-bond acceptors (Lipinski definition) is 4. The van der Waals surface area contributed by atoms with Gasteiger partial charge in [-0.15, -0.1) is 0 Å². The van der Waals surface area contributed by atoms with Crippen molar-refractivity contribution in [3.05, 3.63) is 36.2 Å². The van der Waals surface area contributed by atoms with Crippen molar-refractivity contribution in [2.75, 3.05) is 18.7 Å². The molecule has 4 rings (SSSR count). The number of ether oxygens (including phenoxy) is 2. The number of fused-ring (bicyclic) bond motifs is 1. The minimum absolute atomic E-state index is 0.124. The van der Waals surface area contributed by atoms with Crippen molar-refractivity contribution in [3.8, 4) is 11.5 Å². The Kier molecular flexibility index (Phi) is 3.44. The van der Waals surface area contributed by atoms with E-state index < -0.39 is 0 Å². The van der Waals surface area contributed by atoms with Gasteiger partial charge in [0.05, 0.1) is 6.04 Å². The SMILES string of the molecule is CN(C(=O)c1ccn(C2CCCC2)n1)c1ccc2c(c1)OCO2. The molecule has 0 saturated heterocycles. The molecule has 0 unspecified atom stereocenters. The van der Waals surface area contributed by atoms with Gasteiger partial charge in [0, 0.05) is 25.0 Å². The van der Waals surface area contributed by atoms with E-state index in [0.717, 1.165) is 18.5 Å². The van der Waals surface area contributed by atoms with Crippen LogP contribution in [0.5, 0.6) is 11.5 Å². The Balaban J connectivity index is 1.54. The molecule has 0 spiro atoms. The molecule has 120 valence electrons. The van der Waals surface area contributed by atoms with Crippen LogP contribution in [0.15, 0.2) is 30.5 Å². The van der Waals surface area contributed by atoms with Gasteiger partial charge in [-0.25, -0.2) is 0 Å². The van der Waals surface area contributed by atoms with Crippen LogP contribution in [-0.4, -0.2) is 29.5 Å². The lowest BCUT2D eigenvalue weighted by molar-refractivity contribution is 0.0987. The molecular weight excluding hydrogens is 294 g/mol. The van der Waals surface area contributed by atoms with Crippen LogP contribution < -0.4 is 14.4 Å². The molecule has 6 heteroatoms. The normalized spacial score (nSPS) is 16.7. The lowest BCUT2D eigenvalue weighted by atomic mass is 10.2. The van der Waals surface area contributed by atoms with Gasteiger partial charge >= 0.3 is 0 Å². The Bertz CT molecular complexity index is 734. The van der Waals surface area contributed by atoms with Gasteiger partial charge in [-0.3, -0.25) is 9.48 Å². The fraction of sp³-hybridized carbons (Fsp3) is 0.412. The summed E-state index contributed by atoms with van der Waals surface area (Å²) in [7, 11) is 1.74. The van der Waals surface area contributed by atoms with Crippen molar-refractivity contribution < 1.29 is 14.3 Å². The predicted octanol–water partition coefficient (Wildman–Crippen LogP) is 3.00. The third-order valence-corrected chi connectivity index (χ3v) is 4.57. The number of benzene rings is 1. The van der Waals surface area contributed by atoms with E-state index in [-0.39, 0.29) is 12.7 Å². The summed E-state index contributed by atoms with van der Waals surface area (Å²) in [5.74, 6) is 1.25. The maximum atomic E-state index is 12.7. The second-order valence-electron chi connectivity index (χ2n) is 6.02. The Morgan fingerprint density at radius 1 is 1.22 bits per heavy atom. The first-order chi connectivity index (χ1) is 11.2. The van der Waals surface area contributed by atoms with Gasteiger partial charge in [-0.2, -0.15) is 5.10 Å². The molecule has 1 aliphatic heterocycles. The smallest absolute Gasteiger partial charge is 0.278 e. The molecule has 0 N–H and O–H groups in total. The Hall–Kier alpha value is -2.50. The van der Waals surface area contributed by atoms with Crippen LogP contribution in [0.2, 0.25) is 0 Å². The molecule has 2 aliphatic rings. The molecule has 0 radical (unpaired) electrons. The molecular formula is C17H19N3O3. The molecule has 0 bridgehead atoms. The Morgan fingerprint density at radius 3 is 2.83 bits per heavy atom. The summed E-state index contributed by atoms with van der Waals surface area (Å²) in [5.41, 5.74) is 1.23. The molecule has 1 aromatic carbocycles. The maximum Gasteiger partial charge on any atom is 0.278 e. The van der Waals surface area contributed by atoms with E-state index in [1.54, 1.807) is 18.0 Å². The number of nitrogens with zero attached hydrogens (tertiary/aromatic N) is 3. The summed E-state index contributed by atoms with van der Waals surface area (Å²) < 4.78 is 12.6. The van der Waals surface area contributed by atoms with Crippen LogP contribution in [0.25, 0.3) is 0 Å². The second kappa shape index (κ2) is 5.61. The fourth-order valence-corrected chi connectivity index (χ4v) is 3.21. The second-order valence-corrected chi connectivity index (χ2v) is 6.02. The molecule has 1 aromatic heterocycles. The lowest BCUT2D eigenvalue weighted by Crippen LogP contribution is -2.26. The highest BCUT2D eigenvalue weighted by atomic mass is 16.7. The minimum Gasteiger partial charge on any atom is -0.454 e. The van der Waals surface area contributed by atoms with Crippen LogP contribution in [-0.2, 0) is 0 Å². The summed E-state index contributed by atoms with van der Waals surface area (Å²) in [6, 6.07) is 7.71. The zero-order valence-electron chi connectivity index (χ0n) is 13.1. The predicted molar refractivity (Wildman–Crippen MR) is 85.0 cm³/mol. The summed E-state index contributed by atoms with van der Waals surface area (Å²) >= 11 is 0. The minimum atomic E-state index is -0.124. The molecule has 23 heavy (non-hydrogen) atoms. The van der Waals surface area contributed by atoms with Crippen LogP contribution in [0.1, 0.15) is 42.2 Å². The van der Waals surface area contributed by atoms with Gasteiger partial charge in [0.15, 0.2) is 17.2 Å². The van der Waals surface area contributed by atoms with E-state index in [1.807, 2.05) is 29.1 Å². The zero-order chi connectivity index (χ0) is 15.8. The quantitative estimate of drug-likeness (QED) is 0.874. The van der Waals surface area contributed by atoms with E-state index in [2.05, 4.69) is 5.10 Å². The van der Waals surface area contributed by atoms with E-state index in [9.17, 15) is 4.79 Å². The first kappa shape index (κ1) is 14.1. The van der Waals surface area contributed by atoms with Crippen molar-refractivity contribution >= 4 is 11.6 Å². The number of amides is 1. The third kappa shape index (κ3) is 2.54. The summed E-state index contributed by atoms with van der Waals surface area (Å²) in [6.07, 6.45) is 6.69.